The fourth-order valence-electron chi connectivity index (χ4n) is 2.45. The Bertz CT molecular complexity index is 925. The van der Waals surface area contributed by atoms with Gasteiger partial charge in [0.2, 0.25) is 15.9 Å². The number of benzene rings is 2. The number of amides is 2. The molecule has 0 radical (unpaired) electrons. The average molecular weight is 405 g/mol. The molecule has 2 rings (SSSR count). The van der Waals surface area contributed by atoms with Crippen molar-refractivity contribution in [2.45, 2.75) is 24.8 Å². The van der Waals surface area contributed by atoms with Gasteiger partial charge >= 0.3 is 0 Å². The molecule has 9 heteroatoms. The Hall–Kier alpha value is -2.91. The van der Waals surface area contributed by atoms with E-state index in [0.29, 0.717) is 23.5 Å². The molecule has 0 saturated heterocycles. The molecule has 0 aliphatic rings. The number of hydrogen-bond acceptors (Lipinski definition) is 5. The molecule has 2 amide bonds. The van der Waals surface area contributed by atoms with Crippen molar-refractivity contribution < 1.29 is 22.7 Å². The molecule has 150 valence electrons. The maximum absolute atomic E-state index is 12.1. The van der Waals surface area contributed by atoms with Crippen LogP contribution in [0.4, 0.5) is 0 Å². The van der Waals surface area contributed by atoms with Gasteiger partial charge in [-0.2, -0.15) is 0 Å². The van der Waals surface area contributed by atoms with Gasteiger partial charge < -0.3 is 15.4 Å². The molecule has 2 aromatic carbocycles. The van der Waals surface area contributed by atoms with Crippen molar-refractivity contribution in [3.05, 3.63) is 59.7 Å². The molecule has 0 saturated carbocycles. The first-order valence-electron chi connectivity index (χ1n) is 8.64. The van der Waals surface area contributed by atoms with Gasteiger partial charge in [0.25, 0.3) is 5.91 Å². The van der Waals surface area contributed by atoms with E-state index in [0.717, 1.165) is 0 Å². The third-order valence-electron chi connectivity index (χ3n) is 3.92. The van der Waals surface area contributed by atoms with Gasteiger partial charge in [-0.25, -0.2) is 13.6 Å². The number of sulfonamides is 1. The number of nitrogens with two attached hydrogens (primary N) is 1. The fourth-order valence-corrected chi connectivity index (χ4v) is 2.97. The number of ether oxygens (including phenoxy) is 1. The summed E-state index contributed by atoms with van der Waals surface area (Å²) in [5, 5.41) is 10.3. The largest absolute Gasteiger partial charge is 0.494 e. The lowest BCUT2D eigenvalue weighted by atomic mass is 10.1. The van der Waals surface area contributed by atoms with Crippen molar-refractivity contribution in [3.63, 3.8) is 0 Å². The average Bonchev–Trinajstić information content (AvgIpc) is 2.66. The Labute approximate surface area is 164 Å². The van der Waals surface area contributed by atoms with Crippen LogP contribution in [0.15, 0.2) is 53.4 Å². The van der Waals surface area contributed by atoms with Gasteiger partial charge in [0.15, 0.2) is 0 Å². The Morgan fingerprint density at radius 3 is 2.21 bits per heavy atom. The van der Waals surface area contributed by atoms with Crippen LogP contribution in [0, 0.1) is 0 Å². The minimum Gasteiger partial charge on any atom is -0.494 e. The van der Waals surface area contributed by atoms with E-state index in [2.05, 4.69) is 10.6 Å². The van der Waals surface area contributed by atoms with E-state index in [1.54, 1.807) is 43.3 Å². The number of primary sulfonamides is 1. The van der Waals surface area contributed by atoms with Crippen molar-refractivity contribution in [2.24, 2.45) is 5.14 Å². The number of rotatable bonds is 8. The Kier molecular flexibility index (Phi) is 7.13. The van der Waals surface area contributed by atoms with Crippen molar-refractivity contribution in [2.75, 3.05) is 13.2 Å². The molecule has 2 aromatic rings. The Balaban J connectivity index is 1.86. The van der Waals surface area contributed by atoms with E-state index >= 15 is 0 Å². The molecular formula is C19H23N3O5S. The summed E-state index contributed by atoms with van der Waals surface area (Å²) < 4.78 is 27.9. The summed E-state index contributed by atoms with van der Waals surface area (Å²) in [6, 6.07) is 12.1. The van der Waals surface area contributed by atoms with Crippen LogP contribution in [0.5, 0.6) is 5.75 Å². The zero-order chi connectivity index (χ0) is 20.7. The summed E-state index contributed by atoms with van der Waals surface area (Å²) in [4.78, 5) is 24.2. The zero-order valence-electron chi connectivity index (χ0n) is 15.6. The topological polar surface area (TPSA) is 128 Å². The smallest absolute Gasteiger partial charge is 0.251 e. The zero-order valence-corrected chi connectivity index (χ0v) is 16.5. The quantitative estimate of drug-likeness (QED) is 0.611. The first-order valence-corrected chi connectivity index (χ1v) is 10.2. The van der Waals surface area contributed by atoms with E-state index in [-0.39, 0.29) is 29.3 Å². The summed E-state index contributed by atoms with van der Waals surface area (Å²) in [6.45, 7) is 3.97. The number of carbonyl (C=O) groups is 2. The number of nitrogens with one attached hydrogen (secondary N) is 2. The molecule has 8 nitrogen and oxygen atoms in total. The lowest BCUT2D eigenvalue weighted by Gasteiger charge is -2.15. The third-order valence-corrected chi connectivity index (χ3v) is 4.85. The molecular weight excluding hydrogens is 382 g/mol. The van der Waals surface area contributed by atoms with E-state index in [1.807, 2.05) is 6.92 Å². The van der Waals surface area contributed by atoms with Crippen LogP contribution in [-0.4, -0.2) is 33.4 Å². The Morgan fingerprint density at radius 2 is 1.68 bits per heavy atom. The molecule has 4 N–H and O–H groups in total. The molecule has 0 spiro atoms. The number of hydrogen-bond donors (Lipinski definition) is 3. The van der Waals surface area contributed by atoms with E-state index < -0.39 is 10.0 Å². The molecule has 28 heavy (non-hydrogen) atoms. The summed E-state index contributed by atoms with van der Waals surface area (Å²) in [5.74, 6) is -0.0789. The molecule has 0 aliphatic carbocycles. The van der Waals surface area contributed by atoms with Crippen LogP contribution in [-0.2, 0) is 14.8 Å². The van der Waals surface area contributed by atoms with Gasteiger partial charge in [-0.05, 0) is 55.8 Å². The first-order chi connectivity index (χ1) is 13.2. The van der Waals surface area contributed by atoms with Crippen molar-refractivity contribution in [1.82, 2.24) is 10.6 Å². The van der Waals surface area contributed by atoms with Gasteiger partial charge in [-0.3, -0.25) is 9.59 Å². The molecule has 0 unspecified atom stereocenters. The molecule has 0 fully saturated rings. The second kappa shape index (κ2) is 9.34. The summed E-state index contributed by atoms with van der Waals surface area (Å²) in [5.41, 5.74) is 1.13. The molecule has 0 aromatic heterocycles. The maximum atomic E-state index is 12.1. The second-order valence-electron chi connectivity index (χ2n) is 6.04. The predicted octanol–water partition coefficient (Wildman–Crippen LogP) is 1.34. The van der Waals surface area contributed by atoms with Gasteiger partial charge in [-0.1, -0.05) is 12.1 Å². The standard InChI is InChI=1S/C19H23N3O5S/c1-3-27-16-8-4-15(5-9-16)19(24)21-12-18(23)22-13(2)14-6-10-17(11-7-14)28(20,25)26/h4-11,13H,3,12H2,1-2H3,(H,21,24)(H,22,23)(H2,20,25,26)/t13-/m0/s1. The number of carbonyl (C=O) groups excluding carboxylic acids is 2. The normalized spacial score (nSPS) is 12.1. The highest BCUT2D eigenvalue weighted by molar-refractivity contribution is 7.89. The van der Waals surface area contributed by atoms with Crippen LogP contribution in [0.1, 0.15) is 35.8 Å². The predicted molar refractivity (Wildman–Crippen MR) is 104 cm³/mol. The highest BCUT2D eigenvalue weighted by Crippen LogP contribution is 2.15. The first kappa shape index (κ1) is 21.4. The summed E-state index contributed by atoms with van der Waals surface area (Å²) in [7, 11) is -3.76. The van der Waals surface area contributed by atoms with E-state index in [4.69, 9.17) is 9.88 Å². The maximum Gasteiger partial charge on any atom is 0.251 e. The van der Waals surface area contributed by atoms with Crippen LogP contribution >= 0.6 is 0 Å². The minimum absolute atomic E-state index is 0.00241. The van der Waals surface area contributed by atoms with Gasteiger partial charge in [0.1, 0.15) is 5.75 Å². The van der Waals surface area contributed by atoms with Crippen LogP contribution in [0.2, 0.25) is 0 Å². The summed E-state index contributed by atoms with van der Waals surface area (Å²) >= 11 is 0. The SMILES string of the molecule is CCOc1ccc(C(=O)NCC(=O)N[C@@H](C)c2ccc(S(N)(=O)=O)cc2)cc1. The van der Waals surface area contributed by atoms with Crippen LogP contribution in [0.25, 0.3) is 0 Å². The van der Waals surface area contributed by atoms with E-state index in [9.17, 15) is 18.0 Å². The highest BCUT2D eigenvalue weighted by atomic mass is 32.2. The van der Waals surface area contributed by atoms with Crippen LogP contribution in [0.3, 0.4) is 0 Å². The lowest BCUT2D eigenvalue weighted by Crippen LogP contribution is -2.38. The third kappa shape index (κ3) is 6.07. The summed E-state index contributed by atoms with van der Waals surface area (Å²) in [6.07, 6.45) is 0. The van der Waals surface area contributed by atoms with Crippen molar-refractivity contribution in [1.29, 1.82) is 0 Å². The fraction of sp³-hybridized carbons (Fsp3) is 0.263. The molecule has 0 heterocycles. The van der Waals surface area contributed by atoms with Crippen molar-refractivity contribution in [3.8, 4) is 5.75 Å². The molecule has 0 aliphatic heterocycles. The van der Waals surface area contributed by atoms with Gasteiger partial charge in [-0.15, -0.1) is 0 Å². The minimum atomic E-state index is -3.76. The Morgan fingerprint density at radius 1 is 1.07 bits per heavy atom. The molecule has 1 atom stereocenters. The van der Waals surface area contributed by atoms with Gasteiger partial charge in [0, 0.05) is 5.56 Å². The molecule has 0 bridgehead atoms. The second-order valence-corrected chi connectivity index (χ2v) is 7.60. The van der Waals surface area contributed by atoms with Crippen LogP contribution < -0.4 is 20.5 Å². The monoisotopic (exact) mass is 405 g/mol. The van der Waals surface area contributed by atoms with Crippen molar-refractivity contribution >= 4 is 21.8 Å². The lowest BCUT2D eigenvalue weighted by molar-refractivity contribution is -0.120. The van der Waals surface area contributed by atoms with Gasteiger partial charge in [0.05, 0.1) is 24.1 Å². The van der Waals surface area contributed by atoms with E-state index in [1.165, 1.54) is 12.1 Å². The highest BCUT2D eigenvalue weighted by Gasteiger charge is 2.13.